The van der Waals surface area contributed by atoms with Crippen LogP contribution in [0.15, 0.2) is 0 Å². The third-order valence-electron chi connectivity index (χ3n) is 5.57. The topological polar surface area (TPSA) is 6.48 Å². The van der Waals surface area contributed by atoms with Gasteiger partial charge in [-0.1, -0.05) is 41.5 Å². The Morgan fingerprint density at radius 1 is 0.412 bits per heavy atom. The van der Waals surface area contributed by atoms with Crippen LogP contribution in [-0.4, -0.2) is 92.2 Å². The standard InChI is InChI=1S/C12H36GeN2Si4.2C6H15P.Pt/c1-16(2,3)14(17(4,5)6)13-15(18(7,8)9)19(10,11)12;2*1-4-7(5-2)6-3;/h1-12H3;2*4-6H2,1-3H3;. The largest absolute Gasteiger partial charge is 0 e. The molecule has 10 heteroatoms. The first-order valence-electron chi connectivity index (χ1n) is 13.5. The van der Waals surface area contributed by atoms with Gasteiger partial charge in [0.25, 0.3) is 0 Å². The van der Waals surface area contributed by atoms with Crippen molar-refractivity contribution in [1.29, 1.82) is 0 Å². The molecular formula is C24H66GeN2P2PtSi4. The molecule has 0 bridgehead atoms. The number of nitrogens with zero attached hydrogens (tertiary/aromatic N) is 2. The summed E-state index contributed by atoms with van der Waals surface area (Å²) < 4.78 is 6.13. The molecule has 34 heavy (non-hydrogen) atoms. The van der Waals surface area contributed by atoms with Gasteiger partial charge < -0.3 is 0 Å². The van der Waals surface area contributed by atoms with Gasteiger partial charge in [0.1, 0.15) is 0 Å². The van der Waals surface area contributed by atoms with Crippen LogP contribution in [0.2, 0.25) is 78.6 Å². The molecule has 2 radical (unpaired) electrons. The molecule has 0 saturated carbocycles. The maximum absolute atomic E-state index is 3.07. The zero-order valence-corrected chi connectivity index (χ0v) is 37.0. The predicted octanol–water partition coefficient (Wildman–Crippen LogP) is 9.52. The molecule has 2 nitrogen and oxygen atoms in total. The van der Waals surface area contributed by atoms with Gasteiger partial charge in [-0.2, -0.15) is 0 Å². The molecule has 0 heterocycles. The van der Waals surface area contributed by atoms with E-state index in [1.165, 1.54) is 37.0 Å². The summed E-state index contributed by atoms with van der Waals surface area (Å²) in [6, 6.07) is 0. The molecule has 0 aromatic heterocycles. The molecular weight excluding hydrogens is 758 g/mol. The van der Waals surface area contributed by atoms with E-state index in [1.807, 2.05) is 0 Å². The summed E-state index contributed by atoms with van der Waals surface area (Å²) in [6.45, 7) is 44.3. The Morgan fingerprint density at radius 3 is 0.618 bits per heavy atom. The molecule has 0 amide bonds. The van der Waals surface area contributed by atoms with Crippen molar-refractivity contribution in [2.75, 3.05) is 37.0 Å². The van der Waals surface area contributed by atoms with E-state index in [4.69, 9.17) is 0 Å². The molecule has 0 aromatic carbocycles. The second kappa shape index (κ2) is 20.7. The summed E-state index contributed by atoms with van der Waals surface area (Å²) in [5, 5.41) is 0. The van der Waals surface area contributed by atoms with Gasteiger partial charge in [-0.05, 0) is 37.0 Å². The first-order valence-corrected chi connectivity index (χ1v) is 32.9. The van der Waals surface area contributed by atoms with Crippen molar-refractivity contribution in [3.8, 4) is 0 Å². The Balaban J connectivity index is -0.000000247. The van der Waals surface area contributed by atoms with Crippen LogP contribution >= 0.6 is 15.8 Å². The van der Waals surface area contributed by atoms with Gasteiger partial charge in [-0.25, -0.2) is 0 Å². The van der Waals surface area contributed by atoms with Crippen molar-refractivity contribution in [3.05, 3.63) is 0 Å². The Hall–Kier alpha value is 2.88. The van der Waals surface area contributed by atoms with E-state index in [0.717, 1.165) is 0 Å². The molecule has 0 rings (SSSR count). The molecule has 0 aliphatic rings. The number of rotatable bonds is 12. The van der Waals surface area contributed by atoms with E-state index in [0.29, 0.717) is 15.8 Å². The van der Waals surface area contributed by atoms with Gasteiger partial charge >= 0.3 is 134 Å². The third kappa shape index (κ3) is 21.8. The Labute approximate surface area is 247 Å². The van der Waals surface area contributed by atoms with Crippen molar-refractivity contribution in [3.63, 3.8) is 0 Å². The van der Waals surface area contributed by atoms with Crippen molar-refractivity contribution < 1.29 is 21.1 Å². The molecule has 0 spiro atoms. The van der Waals surface area contributed by atoms with Crippen LogP contribution in [-0.2, 0) is 21.1 Å². The van der Waals surface area contributed by atoms with E-state index in [9.17, 15) is 0 Å². The number of hydrogen-bond acceptors (Lipinski definition) is 2. The smallest absolute Gasteiger partial charge is 0 e. The maximum Gasteiger partial charge on any atom is 0 e. The van der Waals surface area contributed by atoms with Crippen LogP contribution in [0.25, 0.3) is 0 Å². The second-order valence-electron chi connectivity index (χ2n) is 12.7. The minimum atomic E-state index is -1.19. The zero-order valence-electron chi connectivity index (χ0n) is 26.8. The van der Waals surface area contributed by atoms with Crippen molar-refractivity contribution in [2.45, 2.75) is 120 Å². The Kier molecular flexibility index (Phi) is 26.8. The van der Waals surface area contributed by atoms with Crippen LogP contribution in [0.1, 0.15) is 41.5 Å². The average molecular weight is 825 g/mol. The van der Waals surface area contributed by atoms with Gasteiger partial charge in [0.05, 0.1) is 0 Å². The second-order valence-corrected chi connectivity index (χ2v) is 45.3. The summed E-state index contributed by atoms with van der Waals surface area (Å²) in [4.78, 5) is 0. The van der Waals surface area contributed by atoms with Crippen LogP contribution in [0, 0.1) is 0 Å². The van der Waals surface area contributed by atoms with Crippen molar-refractivity contribution in [1.82, 2.24) is 6.38 Å². The minimum Gasteiger partial charge on any atom is 0 e. The van der Waals surface area contributed by atoms with Crippen molar-refractivity contribution in [2.24, 2.45) is 0 Å². The minimum absolute atomic E-state index is 0. The fourth-order valence-corrected chi connectivity index (χ4v) is 36.2. The van der Waals surface area contributed by atoms with E-state index >= 15 is 0 Å². The van der Waals surface area contributed by atoms with Gasteiger partial charge in [0.2, 0.25) is 0 Å². The first kappa shape index (κ1) is 43.9. The van der Waals surface area contributed by atoms with Gasteiger partial charge in [-0.3, -0.25) is 0 Å². The predicted molar refractivity (Wildman–Crippen MR) is 180 cm³/mol. The van der Waals surface area contributed by atoms with E-state index in [2.05, 4.69) is 126 Å². The molecule has 212 valence electrons. The van der Waals surface area contributed by atoms with E-state index < -0.39 is 32.9 Å². The molecule has 0 fully saturated rings. The summed E-state index contributed by atoms with van der Waals surface area (Å²) >= 11 is -0.114. The SMILES string of the molecule is CCP(CC)CC.CCP(CC)CC.C[Si](C)(C)[N]([Ge][N]([Si](C)(C)C)[Si](C)(C)C)[Si](C)(C)C.[Pt]. The van der Waals surface area contributed by atoms with Gasteiger partial charge in [-0.15, -0.1) is 15.8 Å². The summed E-state index contributed by atoms with van der Waals surface area (Å²) in [5.41, 5.74) is 0. The molecule has 0 saturated heterocycles. The normalized spacial score (nSPS) is 12.9. The van der Waals surface area contributed by atoms with Gasteiger partial charge in [0, 0.05) is 21.1 Å². The summed E-state index contributed by atoms with van der Waals surface area (Å²) in [6.07, 6.45) is 8.51. The Morgan fingerprint density at radius 2 is 0.559 bits per heavy atom. The fourth-order valence-electron chi connectivity index (χ4n) is 4.05. The number of hydrogen-bond donors (Lipinski definition) is 0. The molecule has 0 unspecified atom stereocenters. The van der Waals surface area contributed by atoms with Crippen LogP contribution < -0.4 is 0 Å². The summed E-state index contributed by atoms with van der Waals surface area (Å²) in [5.74, 6) is 0. The zero-order chi connectivity index (χ0) is 27.3. The molecule has 0 aromatic rings. The molecule has 0 atom stereocenters. The molecule has 0 aliphatic heterocycles. The first-order chi connectivity index (χ1) is 14.7. The fraction of sp³-hybridized carbons (Fsp3) is 1.00. The quantitative estimate of drug-likeness (QED) is 0.143. The summed E-state index contributed by atoms with van der Waals surface area (Å²) in [7, 11) is -3.86. The van der Waals surface area contributed by atoms with E-state index in [1.54, 1.807) is 0 Å². The van der Waals surface area contributed by atoms with Gasteiger partial charge in [0.15, 0.2) is 0 Å². The monoisotopic (exact) mass is 825 g/mol. The van der Waals surface area contributed by atoms with Crippen LogP contribution in [0.5, 0.6) is 0 Å². The van der Waals surface area contributed by atoms with Crippen LogP contribution in [0.3, 0.4) is 0 Å². The Bertz CT molecular complexity index is 391. The van der Waals surface area contributed by atoms with E-state index in [-0.39, 0.29) is 36.9 Å². The van der Waals surface area contributed by atoms with Crippen LogP contribution in [0.4, 0.5) is 0 Å². The maximum atomic E-state index is 3.07. The third-order valence-corrected chi connectivity index (χ3v) is 44.2. The van der Waals surface area contributed by atoms with Crippen molar-refractivity contribution >= 4 is 64.7 Å². The molecule has 0 aliphatic carbocycles. The average Bonchev–Trinajstić information content (AvgIpc) is 2.61. The molecule has 0 N–H and O–H groups in total.